The molecule has 1 saturated heterocycles. The van der Waals surface area contributed by atoms with Crippen LogP contribution in [0.15, 0.2) is 54.6 Å². The Hall–Kier alpha value is -2.95. The molecule has 1 heterocycles. The first kappa shape index (κ1) is 19.8. The Morgan fingerprint density at radius 3 is 1.96 bits per heavy atom. The van der Waals surface area contributed by atoms with Crippen LogP contribution in [0.25, 0.3) is 0 Å². The largest absolute Gasteiger partial charge is 0.339 e. The Balaban J connectivity index is 1.45. The van der Waals surface area contributed by atoms with Gasteiger partial charge < -0.3 is 9.80 Å². The number of nitrogens with zero attached hydrogens (tertiary/aromatic N) is 2. The number of hydrogen-bond donors (Lipinski definition) is 0. The molecule has 2 amide bonds. The molecule has 0 aromatic heterocycles. The van der Waals surface area contributed by atoms with Crippen molar-refractivity contribution >= 4 is 17.6 Å². The van der Waals surface area contributed by atoms with Gasteiger partial charge in [0.15, 0.2) is 5.78 Å². The molecule has 5 nitrogen and oxygen atoms in total. The minimum Gasteiger partial charge on any atom is -0.339 e. The molecular weight excluding hydrogens is 352 g/mol. The molecule has 0 atom stereocenters. The monoisotopic (exact) mass is 378 g/mol. The van der Waals surface area contributed by atoms with Gasteiger partial charge in [-0.3, -0.25) is 14.4 Å². The Morgan fingerprint density at radius 1 is 0.786 bits per heavy atom. The smallest absolute Gasteiger partial charge is 0.253 e. The fourth-order valence-electron chi connectivity index (χ4n) is 3.44. The molecule has 2 aromatic carbocycles. The summed E-state index contributed by atoms with van der Waals surface area (Å²) in [5.41, 5.74) is 2.43. The fourth-order valence-corrected chi connectivity index (χ4v) is 3.44. The van der Waals surface area contributed by atoms with Crippen LogP contribution in [-0.2, 0) is 11.2 Å². The summed E-state index contributed by atoms with van der Waals surface area (Å²) in [5.74, 6) is 0.0958. The van der Waals surface area contributed by atoms with Crippen molar-refractivity contribution in [3.05, 3.63) is 71.3 Å². The number of amides is 2. The Bertz CT molecular complexity index is 823. The maximum Gasteiger partial charge on any atom is 0.253 e. The molecule has 0 saturated carbocycles. The number of Topliss-reactive ketones (excluding diaryl/α,β-unsaturated/α-hetero) is 1. The molecule has 1 aliphatic heterocycles. The van der Waals surface area contributed by atoms with Crippen LogP contribution in [0.4, 0.5) is 0 Å². The van der Waals surface area contributed by atoms with E-state index in [1.54, 1.807) is 29.2 Å². The lowest BCUT2D eigenvalue weighted by atomic mass is 10.1. The Labute approximate surface area is 166 Å². The van der Waals surface area contributed by atoms with E-state index in [1.165, 1.54) is 12.5 Å². The van der Waals surface area contributed by atoms with Gasteiger partial charge in [0, 0.05) is 43.7 Å². The number of benzene rings is 2. The predicted octanol–water partition coefficient (Wildman–Crippen LogP) is 3.20. The first-order valence-electron chi connectivity index (χ1n) is 9.76. The number of carbonyl (C=O) groups excluding carboxylic acids is 3. The molecule has 5 heteroatoms. The van der Waals surface area contributed by atoms with Crippen molar-refractivity contribution < 1.29 is 14.4 Å². The molecule has 0 spiro atoms. The third kappa shape index (κ3) is 5.06. The van der Waals surface area contributed by atoms with Gasteiger partial charge in [0.05, 0.1) is 0 Å². The SMILES string of the molecule is CC(=O)c1ccc(C(=O)N2CCN(C(=O)CCCc3ccccc3)CC2)cc1. The summed E-state index contributed by atoms with van der Waals surface area (Å²) in [6, 6.07) is 16.9. The van der Waals surface area contributed by atoms with E-state index in [0.29, 0.717) is 43.7 Å². The van der Waals surface area contributed by atoms with Crippen LogP contribution in [-0.4, -0.2) is 53.6 Å². The number of rotatable bonds is 6. The van der Waals surface area contributed by atoms with Crippen molar-refractivity contribution in [2.75, 3.05) is 26.2 Å². The molecule has 0 radical (unpaired) electrons. The third-order valence-electron chi connectivity index (χ3n) is 5.16. The Kier molecular flexibility index (Phi) is 6.58. The van der Waals surface area contributed by atoms with Gasteiger partial charge in [-0.1, -0.05) is 42.5 Å². The normalized spacial score (nSPS) is 14.0. The minimum atomic E-state index is -0.0497. The van der Waals surface area contributed by atoms with Crippen molar-refractivity contribution in [3.8, 4) is 0 Å². The van der Waals surface area contributed by atoms with Crippen molar-refractivity contribution in [1.29, 1.82) is 0 Å². The third-order valence-corrected chi connectivity index (χ3v) is 5.16. The van der Waals surface area contributed by atoms with Crippen LogP contribution in [0.2, 0.25) is 0 Å². The highest BCUT2D eigenvalue weighted by Crippen LogP contribution is 2.13. The van der Waals surface area contributed by atoms with E-state index in [4.69, 9.17) is 0 Å². The number of hydrogen-bond acceptors (Lipinski definition) is 3. The van der Waals surface area contributed by atoms with E-state index < -0.39 is 0 Å². The number of carbonyl (C=O) groups is 3. The van der Waals surface area contributed by atoms with Gasteiger partial charge in [-0.15, -0.1) is 0 Å². The Morgan fingerprint density at radius 2 is 1.36 bits per heavy atom. The zero-order chi connectivity index (χ0) is 19.9. The van der Waals surface area contributed by atoms with Crippen LogP contribution in [0, 0.1) is 0 Å². The molecule has 1 fully saturated rings. The lowest BCUT2D eigenvalue weighted by molar-refractivity contribution is -0.132. The average Bonchev–Trinajstić information content (AvgIpc) is 2.74. The highest BCUT2D eigenvalue weighted by molar-refractivity contribution is 5.97. The topological polar surface area (TPSA) is 57.7 Å². The van der Waals surface area contributed by atoms with Gasteiger partial charge in [0.1, 0.15) is 0 Å². The van der Waals surface area contributed by atoms with Gasteiger partial charge in [-0.05, 0) is 37.5 Å². The van der Waals surface area contributed by atoms with Gasteiger partial charge in [0.2, 0.25) is 5.91 Å². The number of piperazine rings is 1. The van der Waals surface area contributed by atoms with Crippen LogP contribution in [0.5, 0.6) is 0 Å². The summed E-state index contributed by atoms with van der Waals surface area (Å²) in [6.45, 7) is 3.73. The molecule has 0 N–H and O–H groups in total. The molecule has 0 aliphatic carbocycles. The molecule has 28 heavy (non-hydrogen) atoms. The summed E-state index contributed by atoms with van der Waals surface area (Å²) in [7, 11) is 0. The van der Waals surface area contributed by atoms with Crippen LogP contribution >= 0.6 is 0 Å². The van der Waals surface area contributed by atoms with Crippen molar-refractivity contribution in [2.45, 2.75) is 26.2 Å². The maximum atomic E-state index is 12.6. The van der Waals surface area contributed by atoms with Gasteiger partial charge in [-0.2, -0.15) is 0 Å². The number of aryl methyl sites for hydroxylation is 1. The first-order chi connectivity index (χ1) is 13.5. The second-order valence-electron chi connectivity index (χ2n) is 7.15. The zero-order valence-corrected chi connectivity index (χ0v) is 16.3. The molecule has 2 aromatic rings. The average molecular weight is 378 g/mol. The lowest BCUT2D eigenvalue weighted by Crippen LogP contribution is -2.50. The summed E-state index contributed by atoms with van der Waals surface area (Å²) in [4.78, 5) is 40.0. The highest BCUT2D eigenvalue weighted by atomic mass is 16.2. The predicted molar refractivity (Wildman–Crippen MR) is 108 cm³/mol. The molecular formula is C23H26N2O3. The molecule has 3 rings (SSSR count). The van der Waals surface area contributed by atoms with Crippen LogP contribution in [0.3, 0.4) is 0 Å². The van der Waals surface area contributed by atoms with Crippen molar-refractivity contribution in [3.63, 3.8) is 0 Å². The van der Waals surface area contributed by atoms with Gasteiger partial charge in [-0.25, -0.2) is 0 Å². The summed E-state index contributed by atoms with van der Waals surface area (Å²) in [5, 5.41) is 0. The molecule has 0 bridgehead atoms. The summed E-state index contributed by atoms with van der Waals surface area (Å²) in [6.07, 6.45) is 2.28. The van der Waals surface area contributed by atoms with Crippen molar-refractivity contribution in [2.24, 2.45) is 0 Å². The lowest BCUT2D eigenvalue weighted by Gasteiger charge is -2.35. The van der Waals surface area contributed by atoms with Crippen molar-refractivity contribution in [1.82, 2.24) is 9.80 Å². The minimum absolute atomic E-state index is 0.0154. The molecule has 1 aliphatic rings. The molecule has 0 unspecified atom stereocenters. The van der Waals surface area contributed by atoms with E-state index in [-0.39, 0.29) is 17.6 Å². The maximum absolute atomic E-state index is 12.6. The van der Waals surface area contributed by atoms with Crippen LogP contribution < -0.4 is 0 Å². The van der Waals surface area contributed by atoms with Crippen LogP contribution in [0.1, 0.15) is 46.0 Å². The number of ketones is 1. The van der Waals surface area contributed by atoms with E-state index in [1.807, 2.05) is 23.1 Å². The van der Waals surface area contributed by atoms with Gasteiger partial charge >= 0.3 is 0 Å². The van der Waals surface area contributed by atoms with E-state index in [2.05, 4.69) is 12.1 Å². The van der Waals surface area contributed by atoms with E-state index in [9.17, 15) is 14.4 Å². The standard InChI is InChI=1S/C23H26N2O3/c1-18(26)20-10-12-21(13-11-20)23(28)25-16-14-24(15-17-25)22(27)9-5-8-19-6-3-2-4-7-19/h2-4,6-7,10-13H,5,8-9,14-17H2,1H3. The summed E-state index contributed by atoms with van der Waals surface area (Å²) >= 11 is 0. The van der Waals surface area contributed by atoms with E-state index in [0.717, 1.165) is 12.8 Å². The second-order valence-corrected chi connectivity index (χ2v) is 7.15. The second kappa shape index (κ2) is 9.31. The quantitative estimate of drug-likeness (QED) is 0.726. The first-order valence-corrected chi connectivity index (χ1v) is 9.76. The molecule has 146 valence electrons. The van der Waals surface area contributed by atoms with Gasteiger partial charge in [0.25, 0.3) is 5.91 Å². The summed E-state index contributed by atoms with van der Waals surface area (Å²) < 4.78 is 0. The van der Waals surface area contributed by atoms with E-state index >= 15 is 0 Å². The highest BCUT2D eigenvalue weighted by Gasteiger charge is 2.24. The fraction of sp³-hybridized carbons (Fsp3) is 0.348. The zero-order valence-electron chi connectivity index (χ0n) is 16.3.